The monoisotopic (exact) mass is 577 g/mol. The molecule has 3 N–H and O–H groups in total. The van der Waals surface area contributed by atoms with E-state index in [1.165, 1.54) is 54.7 Å². The Kier molecular flexibility index (Phi) is 9.31. The van der Waals surface area contributed by atoms with Crippen LogP contribution in [0.15, 0.2) is 30.7 Å². The van der Waals surface area contributed by atoms with Crippen LogP contribution < -0.4 is 13.9 Å². The molecule has 33 heavy (non-hydrogen) atoms. The molecule has 0 radical (unpaired) electrons. The van der Waals surface area contributed by atoms with Crippen LogP contribution in [0.1, 0.15) is 80.4 Å². The molecule has 0 aromatic carbocycles. The van der Waals surface area contributed by atoms with Gasteiger partial charge in [-0.25, -0.2) is 0 Å². The fraction of sp³-hybridized carbons (Fsp3) is 0.500. The van der Waals surface area contributed by atoms with Crippen LogP contribution in [0, 0.1) is 0 Å². The van der Waals surface area contributed by atoms with E-state index in [2.05, 4.69) is 42.3 Å². The topological polar surface area (TPSA) is 102 Å². The predicted octanol–water partition coefficient (Wildman–Crippen LogP) is 5.20. The SMILES string of the molecule is CCC[CH2][Sn]([CH2]CCC)([CH2]CCC)[c]1cn2c(C(N)=O)nc(C(=O)Nc3cccnc3)c2s1. The van der Waals surface area contributed by atoms with Crippen LogP contribution >= 0.6 is 11.3 Å². The van der Waals surface area contributed by atoms with Crippen molar-refractivity contribution >= 4 is 54.9 Å². The third-order valence-electron chi connectivity index (χ3n) is 6.22. The Bertz CT molecular complexity index is 1060. The molecule has 2 amide bonds. The van der Waals surface area contributed by atoms with Crippen molar-refractivity contribution in [3.8, 4) is 0 Å². The van der Waals surface area contributed by atoms with Crippen LogP contribution in [-0.4, -0.2) is 44.6 Å². The van der Waals surface area contributed by atoms with Gasteiger partial charge in [0.2, 0.25) is 0 Å². The number of thiazole rings is 1. The maximum absolute atomic E-state index is 13.1. The van der Waals surface area contributed by atoms with Gasteiger partial charge in [-0.2, -0.15) is 0 Å². The summed E-state index contributed by atoms with van der Waals surface area (Å²) in [7, 11) is 0. The Morgan fingerprint density at radius 3 is 2.24 bits per heavy atom. The van der Waals surface area contributed by atoms with Gasteiger partial charge in [0.25, 0.3) is 0 Å². The van der Waals surface area contributed by atoms with Gasteiger partial charge in [0.05, 0.1) is 0 Å². The van der Waals surface area contributed by atoms with E-state index in [4.69, 9.17) is 5.73 Å². The number of carbonyl (C=O) groups is 2. The number of fused-ring (bicyclic) bond motifs is 1. The van der Waals surface area contributed by atoms with Crippen molar-refractivity contribution in [2.45, 2.75) is 72.6 Å². The zero-order valence-electron chi connectivity index (χ0n) is 19.9. The number of nitrogens with one attached hydrogen (secondary N) is 1. The van der Waals surface area contributed by atoms with Crippen molar-refractivity contribution in [3.63, 3.8) is 0 Å². The van der Waals surface area contributed by atoms with Gasteiger partial charge in [-0.05, 0) is 0 Å². The Morgan fingerprint density at radius 1 is 1.09 bits per heavy atom. The van der Waals surface area contributed by atoms with Crippen LogP contribution in [0.2, 0.25) is 13.3 Å². The van der Waals surface area contributed by atoms with E-state index >= 15 is 0 Å². The molecule has 9 heteroatoms. The zero-order chi connectivity index (χ0) is 23.8. The van der Waals surface area contributed by atoms with Crippen molar-refractivity contribution < 1.29 is 9.59 Å². The molecular formula is C24H35N5O2SSn. The number of pyridine rings is 1. The molecule has 7 nitrogen and oxygen atoms in total. The summed E-state index contributed by atoms with van der Waals surface area (Å²) in [6, 6.07) is 3.53. The number of carbonyl (C=O) groups excluding carboxylic acids is 2. The summed E-state index contributed by atoms with van der Waals surface area (Å²) in [6.07, 6.45) is 12.6. The summed E-state index contributed by atoms with van der Waals surface area (Å²) in [5.74, 6) is -0.838. The van der Waals surface area contributed by atoms with Gasteiger partial charge in [-0.3, -0.25) is 0 Å². The third-order valence-corrected chi connectivity index (χ3v) is 25.5. The van der Waals surface area contributed by atoms with Crippen LogP contribution in [0.25, 0.3) is 4.83 Å². The van der Waals surface area contributed by atoms with E-state index in [1.54, 1.807) is 40.3 Å². The zero-order valence-corrected chi connectivity index (χ0v) is 23.6. The van der Waals surface area contributed by atoms with Crippen molar-refractivity contribution in [2.75, 3.05) is 5.32 Å². The van der Waals surface area contributed by atoms with Crippen LogP contribution in [0.3, 0.4) is 0 Å². The van der Waals surface area contributed by atoms with Gasteiger partial charge in [-0.1, -0.05) is 0 Å². The molecule has 0 fully saturated rings. The minimum absolute atomic E-state index is 0.130. The molecule has 0 saturated carbocycles. The average Bonchev–Trinajstić information content (AvgIpc) is 3.39. The second kappa shape index (κ2) is 12.0. The van der Waals surface area contributed by atoms with Crippen LogP contribution in [-0.2, 0) is 0 Å². The maximum atomic E-state index is 13.1. The van der Waals surface area contributed by atoms with E-state index in [0.717, 1.165) is 0 Å². The Morgan fingerprint density at radius 2 is 1.73 bits per heavy atom. The molecule has 0 bridgehead atoms. The number of hydrogen-bond donors (Lipinski definition) is 2. The van der Waals surface area contributed by atoms with E-state index in [1.807, 2.05) is 0 Å². The summed E-state index contributed by atoms with van der Waals surface area (Å²) in [6.45, 7) is 6.77. The Hall–Kier alpha value is -1.94. The Balaban J connectivity index is 2.09. The number of nitrogens with zero attached hydrogens (tertiary/aromatic N) is 3. The predicted molar refractivity (Wildman–Crippen MR) is 138 cm³/mol. The van der Waals surface area contributed by atoms with Gasteiger partial charge in [0.1, 0.15) is 0 Å². The van der Waals surface area contributed by atoms with E-state index in [0.29, 0.717) is 10.5 Å². The molecule has 3 aromatic rings. The minimum atomic E-state index is -2.73. The van der Waals surface area contributed by atoms with Gasteiger partial charge < -0.3 is 0 Å². The summed E-state index contributed by atoms with van der Waals surface area (Å²) < 4.78 is 7.13. The number of hydrogen-bond acceptors (Lipinski definition) is 5. The second-order valence-corrected chi connectivity index (χ2v) is 23.9. The summed E-state index contributed by atoms with van der Waals surface area (Å²) >= 11 is -1.07. The van der Waals surface area contributed by atoms with E-state index in [-0.39, 0.29) is 17.4 Å². The third kappa shape index (κ3) is 5.95. The van der Waals surface area contributed by atoms with Crippen molar-refractivity contribution in [3.05, 3.63) is 42.2 Å². The number of imidazole rings is 1. The number of unbranched alkanes of at least 4 members (excludes halogenated alkanes) is 3. The standard InChI is InChI=1S/C12H8N5O2S.3C4H9.Sn/c13-9(18)10-16-8(12-17(10)4-5-20-12)11(19)15-7-2-1-3-14-6-7;3*1-3-4-2;/h1-4,6H,(H2,13,18)(H,15,19);3*1,3-4H2,2H3;. The quantitative estimate of drug-likeness (QED) is 0.273. The summed E-state index contributed by atoms with van der Waals surface area (Å²) in [5, 5.41) is 2.85. The molecule has 3 aromatic heterocycles. The number of amides is 2. The van der Waals surface area contributed by atoms with Crippen LogP contribution in [0.4, 0.5) is 5.69 Å². The number of primary amides is 1. The first kappa shape index (κ1) is 25.7. The summed E-state index contributed by atoms with van der Waals surface area (Å²) in [4.78, 5) is 34.4. The fourth-order valence-electron chi connectivity index (χ4n) is 4.37. The number of anilines is 1. The fourth-order valence-corrected chi connectivity index (χ4v) is 24.4. The van der Waals surface area contributed by atoms with Crippen molar-refractivity contribution in [1.82, 2.24) is 14.4 Å². The van der Waals surface area contributed by atoms with Gasteiger partial charge in [0.15, 0.2) is 0 Å². The molecule has 0 saturated heterocycles. The first-order valence-electron chi connectivity index (χ1n) is 12.0. The molecule has 0 aliphatic rings. The number of rotatable bonds is 13. The van der Waals surface area contributed by atoms with E-state index < -0.39 is 24.3 Å². The van der Waals surface area contributed by atoms with Gasteiger partial charge in [0, 0.05) is 0 Å². The molecule has 3 rings (SSSR count). The molecule has 0 atom stereocenters. The number of aromatic nitrogens is 3. The van der Waals surface area contributed by atoms with Gasteiger partial charge >= 0.3 is 205 Å². The molecule has 0 spiro atoms. The normalized spacial score (nSPS) is 11.7. The number of nitrogens with two attached hydrogens (primary N) is 1. The van der Waals surface area contributed by atoms with Crippen molar-refractivity contribution in [1.29, 1.82) is 0 Å². The molecule has 178 valence electrons. The first-order valence-corrected chi connectivity index (χ1v) is 20.3. The summed E-state index contributed by atoms with van der Waals surface area (Å²) in [5.41, 5.74) is 6.50. The molecule has 3 heterocycles. The average molecular weight is 576 g/mol. The van der Waals surface area contributed by atoms with Gasteiger partial charge in [-0.15, -0.1) is 0 Å². The van der Waals surface area contributed by atoms with E-state index in [9.17, 15) is 9.59 Å². The molecule has 0 aliphatic carbocycles. The molecule has 0 aliphatic heterocycles. The van der Waals surface area contributed by atoms with Crippen molar-refractivity contribution in [2.24, 2.45) is 5.73 Å². The second-order valence-electron chi connectivity index (χ2n) is 8.71. The molecular weight excluding hydrogens is 541 g/mol. The molecule has 0 unspecified atom stereocenters. The van der Waals surface area contributed by atoms with Crippen LogP contribution in [0.5, 0.6) is 0 Å². The Labute approximate surface area is 204 Å². The first-order chi connectivity index (χ1) is 16.0.